The smallest absolute Gasteiger partial charge is 0.223 e. The van der Waals surface area contributed by atoms with Crippen LogP contribution in [0.5, 0.6) is 5.75 Å². The number of methoxy groups -OCH3 is 1. The molecule has 0 N–H and O–H groups in total. The van der Waals surface area contributed by atoms with Crippen LogP contribution in [-0.2, 0) is 11.2 Å². The molecule has 0 saturated carbocycles. The quantitative estimate of drug-likeness (QED) is 0.649. The van der Waals surface area contributed by atoms with E-state index in [9.17, 15) is 4.79 Å². The molecule has 2 heterocycles. The van der Waals surface area contributed by atoms with Gasteiger partial charge in [-0.15, -0.1) is 0 Å². The first-order chi connectivity index (χ1) is 13.7. The second kappa shape index (κ2) is 8.30. The number of amides is 1. The zero-order valence-corrected chi connectivity index (χ0v) is 16.1. The predicted molar refractivity (Wildman–Crippen MR) is 109 cm³/mol. The molecule has 1 aliphatic heterocycles. The summed E-state index contributed by atoms with van der Waals surface area (Å²) in [5.74, 6) is 1.06. The highest BCUT2D eigenvalue weighted by molar-refractivity contribution is 5.77. The first-order valence-electron chi connectivity index (χ1n) is 9.77. The standard InChI is InChI=1S/C23H25N3O2/c1-28-21-12-10-19(11-13-21)22-8-5-15-25(22)23(27)14-9-18-16-24-26(17-18)20-6-3-2-4-7-20/h2-4,6-7,10-13,16-17,22H,5,8-9,14-15H2,1H3. The van der Waals surface area contributed by atoms with E-state index in [2.05, 4.69) is 17.2 Å². The monoisotopic (exact) mass is 375 g/mol. The van der Waals surface area contributed by atoms with Crippen LogP contribution in [0.15, 0.2) is 67.0 Å². The molecule has 5 heteroatoms. The first kappa shape index (κ1) is 18.3. The Morgan fingerprint density at radius 2 is 1.93 bits per heavy atom. The van der Waals surface area contributed by atoms with Crippen LogP contribution in [0.4, 0.5) is 0 Å². The molecule has 0 aliphatic carbocycles. The minimum Gasteiger partial charge on any atom is -0.497 e. The number of para-hydroxylation sites is 1. The Hall–Kier alpha value is -3.08. The van der Waals surface area contributed by atoms with E-state index in [1.807, 2.05) is 64.4 Å². The largest absolute Gasteiger partial charge is 0.497 e. The van der Waals surface area contributed by atoms with Gasteiger partial charge in [-0.25, -0.2) is 4.68 Å². The molecule has 28 heavy (non-hydrogen) atoms. The van der Waals surface area contributed by atoms with E-state index in [0.717, 1.165) is 36.4 Å². The number of carbonyl (C=O) groups excluding carboxylic acids is 1. The maximum absolute atomic E-state index is 12.9. The fraction of sp³-hybridized carbons (Fsp3) is 0.304. The molecule has 1 saturated heterocycles. The molecule has 0 spiro atoms. The predicted octanol–water partition coefficient (Wildman–Crippen LogP) is 4.18. The van der Waals surface area contributed by atoms with Gasteiger partial charge in [-0.2, -0.15) is 5.10 Å². The summed E-state index contributed by atoms with van der Waals surface area (Å²) in [6.45, 7) is 0.832. The van der Waals surface area contributed by atoms with Crippen molar-refractivity contribution in [3.63, 3.8) is 0 Å². The van der Waals surface area contributed by atoms with E-state index in [1.165, 1.54) is 5.56 Å². The lowest BCUT2D eigenvalue weighted by Crippen LogP contribution is -2.30. The van der Waals surface area contributed by atoms with E-state index in [4.69, 9.17) is 4.74 Å². The van der Waals surface area contributed by atoms with Crippen LogP contribution in [0.1, 0.15) is 36.4 Å². The first-order valence-corrected chi connectivity index (χ1v) is 9.77. The Balaban J connectivity index is 1.38. The normalized spacial score (nSPS) is 16.3. The van der Waals surface area contributed by atoms with Gasteiger partial charge in [0.1, 0.15) is 5.75 Å². The number of nitrogens with zero attached hydrogens (tertiary/aromatic N) is 3. The van der Waals surface area contributed by atoms with Crippen molar-refractivity contribution in [1.29, 1.82) is 0 Å². The fourth-order valence-corrected chi connectivity index (χ4v) is 3.84. The molecule has 3 aromatic rings. The topological polar surface area (TPSA) is 47.4 Å². The zero-order valence-electron chi connectivity index (χ0n) is 16.1. The summed E-state index contributed by atoms with van der Waals surface area (Å²) in [7, 11) is 1.67. The van der Waals surface area contributed by atoms with Gasteiger partial charge < -0.3 is 9.64 Å². The number of hydrogen-bond acceptors (Lipinski definition) is 3. The molecule has 2 aromatic carbocycles. The Bertz CT molecular complexity index is 919. The highest BCUT2D eigenvalue weighted by Gasteiger charge is 2.29. The molecule has 144 valence electrons. The number of carbonyl (C=O) groups is 1. The van der Waals surface area contributed by atoms with Gasteiger partial charge in [-0.3, -0.25) is 4.79 Å². The van der Waals surface area contributed by atoms with E-state index in [0.29, 0.717) is 12.8 Å². The highest BCUT2D eigenvalue weighted by Crippen LogP contribution is 2.33. The van der Waals surface area contributed by atoms with Gasteiger partial charge in [0.25, 0.3) is 0 Å². The average Bonchev–Trinajstić information content (AvgIpc) is 3.43. The van der Waals surface area contributed by atoms with Crippen LogP contribution in [0.3, 0.4) is 0 Å². The van der Waals surface area contributed by atoms with E-state index in [1.54, 1.807) is 7.11 Å². The maximum Gasteiger partial charge on any atom is 0.223 e. The van der Waals surface area contributed by atoms with E-state index < -0.39 is 0 Å². The van der Waals surface area contributed by atoms with Crippen LogP contribution in [0, 0.1) is 0 Å². The molecule has 0 radical (unpaired) electrons. The van der Waals surface area contributed by atoms with Crippen molar-refractivity contribution in [1.82, 2.24) is 14.7 Å². The van der Waals surface area contributed by atoms with Gasteiger partial charge in [0.2, 0.25) is 5.91 Å². The molecule has 0 bridgehead atoms. The number of aromatic nitrogens is 2. The third kappa shape index (κ3) is 3.93. The zero-order chi connectivity index (χ0) is 19.3. The molecular formula is C23H25N3O2. The van der Waals surface area contributed by atoms with Gasteiger partial charge in [-0.1, -0.05) is 30.3 Å². The Kier molecular flexibility index (Phi) is 5.42. The Morgan fingerprint density at radius 1 is 1.14 bits per heavy atom. The van der Waals surface area contributed by atoms with Crippen LogP contribution in [0.25, 0.3) is 5.69 Å². The molecule has 4 rings (SSSR count). The summed E-state index contributed by atoms with van der Waals surface area (Å²) in [4.78, 5) is 14.9. The number of aryl methyl sites for hydroxylation is 1. The third-order valence-corrected chi connectivity index (χ3v) is 5.36. The molecule has 1 amide bonds. The summed E-state index contributed by atoms with van der Waals surface area (Å²) in [5, 5.41) is 4.42. The Labute approximate surface area is 165 Å². The van der Waals surface area contributed by atoms with Gasteiger partial charge in [0, 0.05) is 19.2 Å². The third-order valence-electron chi connectivity index (χ3n) is 5.36. The number of hydrogen-bond donors (Lipinski definition) is 0. The number of rotatable bonds is 6. The SMILES string of the molecule is COc1ccc(C2CCCN2C(=O)CCc2cnn(-c3ccccc3)c2)cc1. The lowest BCUT2D eigenvalue weighted by Gasteiger charge is -2.25. The van der Waals surface area contributed by atoms with Gasteiger partial charge in [0.15, 0.2) is 0 Å². The van der Waals surface area contributed by atoms with Crippen molar-refractivity contribution < 1.29 is 9.53 Å². The van der Waals surface area contributed by atoms with Gasteiger partial charge in [-0.05, 0) is 54.7 Å². The van der Waals surface area contributed by atoms with Crippen molar-refractivity contribution in [2.45, 2.75) is 31.7 Å². The highest BCUT2D eigenvalue weighted by atomic mass is 16.5. The lowest BCUT2D eigenvalue weighted by molar-refractivity contribution is -0.132. The summed E-state index contributed by atoms with van der Waals surface area (Å²) in [5.41, 5.74) is 3.29. The van der Waals surface area contributed by atoms with Crippen LogP contribution in [0.2, 0.25) is 0 Å². The number of ether oxygens (including phenoxy) is 1. The Morgan fingerprint density at radius 3 is 2.68 bits per heavy atom. The summed E-state index contributed by atoms with van der Waals surface area (Å²) >= 11 is 0. The summed E-state index contributed by atoms with van der Waals surface area (Å²) in [6, 6.07) is 18.3. The second-order valence-electron chi connectivity index (χ2n) is 7.15. The molecule has 1 fully saturated rings. The average molecular weight is 375 g/mol. The molecule has 1 unspecified atom stereocenters. The number of likely N-dealkylation sites (tertiary alicyclic amines) is 1. The van der Waals surface area contributed by atoms with Crippen LogP contribution < -0.4 is 4.74 Å². The lowest BCUT2D eigenvalue weighted by atomic mass is 10.0. The summed E-state index contributed by atoms with van der Waals surface area (Å²) < 4.78 is 7.10. The molecule has 5 nitrogen and oxygen atoms in total. The molecule has 1 aliphatic rings. The van der Waals surface area contributed by atoms with Crippen molar-refractivity contribution >= 4 is 5.91 Å². The number of benzene rings is 2. The second-order valence-corrected chi connectivity index (χ2v) is 7.15. The van der Waals surface area contributed by atoms with E-state index >= 15 is 0 Å². The molecule has 1 atom stereocenters. The van der Waals surface area contributed by atoms with Crippen molar-refractivity contribution in [3.05, 3.63) is 78.1 Å². The van der Waals surface area contributed by atoms with Crippen molar-refractivity contribution in [2.24, 2.45) is 0 Å². The van der Waals surface area contributed by atoms with E-state index in [-0.39, 0.29) is 11.9 Å². The van der Waals surface area contributed by atoms with Gasteiger partial charge in [0.05, 0.1) is 25.0 Å². The van der Waals surface area contributed by atoms with Gasteiger partial charge >= 0.3 is 0 Å². The summed E-state index contributed by atoms with van der Waals surface area (Å²) in [6.07, 6.45) is 7.14. The van der Waals surface area contributed by atoms with Crippen LogP contribution >= 0.6 is 0 Å². The minimum absolute atomic E-state index is 0.172. The molecule has 1 aromatic heterocycles. The van der Waals surface area contributed by atoms with Crippen molar-refractivity contribution in [2.75, 3.05) is 13.7 Å². The fourth-order valence-electron chi connectivity index (χ4n) is 3.84. The van der Waals surface area contributed by atoms with Crippen LogP contribution in [-0.4, -0.2) is 34.2 Å². The maximum atomic E-state index is 12.9. The minimum atomic E-state index is 0.172. The van der Waals surface area contributed by atoms with Crippen molar-refractivity contribution in [3.8, 4) is 11.4 Å². The molecular weight excluding hydrogens is 350 g/mol.